The van der Waals surface area contributed by atoms with Crippen molar-refractivity contribution in [3.8, 4) is 11.8 Å². The van der Waals surface area contributed by atoms with Crippen molar-refractivity contribution in [2.75, 3.05) is 0 Å². The van der Waals surface area contributed by atoms with E-state index < -0.39 is 11.7 Å². The van der Waals surface area contributed by atoms with Crippen LogP contribution in [-0.2, 0) is 4.74 Å². The molecule has 0 saturated heterocycles. The van der Waals surface area contributed by atoms with E-state index in [1.807, 2.05) is 6.07 Å². The second-order valence-electron chi connectivity index (χ2n) is 5.17. The first-order valence-corrected chi connectivity index (χ1v) is 5.80. The summed E-state index contributed by atoms with van der Waals surface area (Å²) in [4.78, 5) is 12.1. The van der Waals surface area contributed by atoms with Gasteiger partial charge in [0.2, 0.25) is 0 Å². The van der Waals surface area contributed by atoms with Crippen LogP contribution in [0.25, 0.3) is 10.9 Å². The second-order valence-corrected chi connectivity index (χ2v) is 5.17. The molecule has 0 spiro atoms. The molecule has 0 amide bonds. The monoisotopic (exact) mass is 258 g/mol. The van der Waals surface area contributed by atoms with Gasteiger partial charge in [-0.2, -0.15) is 5.26 Å². The lowest BCUT2D eigenvalue weighted by atomic mass is 10.2. The fourth-order valence-corrected chi connectivity index (χ4v) is 1.80. The number of ether oxygens (including phenoxy) is 1. The third-order valence-electron chi connectivity index (χ3n) is 2.51. The minimum absolute atomic E-state index is 0.0244. The molecule has 1 aromatic heterocycles. The predicted molar refractivity (Wildman–Crippen MR) is 69.9 cm³/mol. The fraction of sp³-hybridized carbons (Fsp3) is 0.286. The van der Waals surface area contributed by atoms with Crippen molar-refractivity contribution in [1.82, 2.24) is 4.57 Å². The number of aromatic nitrogens is 1. The smallest absolute Gasteiger partial charge is 0.420 e. The molecule has 1 heterocycles. The Morgan fingerprint density at radius 2 is 2.11 bits per heavy atom. The highest BCUT2D eigenvalue weighted by Crippen LogP contribution is 2.28. The second kappa shape index (κ2) is 4.32. The number of fused-ring (bicyclic) bond motifs is 1. The van der Waals surface area contributed by atoms with Crippen molar-refractivity contribution in [2.45, 2.75) is 26.4 Å². The lowest BCUT2D eigenvalue weighted by Crippen LogP contribution is -2.27. The highest BCUT2D eigenvalue weighted by Gasteiger charge is 2.22. The van der Waals surface area contributed by atoms with Gasteiger partial charge in [-0.05, 0) is 39.0 Å². The van der Waals surface area contributed by atoms with E-state index in [4.69, 9.17) is 10.00 Å². The van der Waals surface area contributed by atoms with Crippen molar-refractivity contribution < 1.29 is 14.6 Å². The summed E-state index contributed by atoms with van der Waals surface area (Å²) < 4.78 is 6.43. The molecule has 0 aliphatic carbocycles. The van der Waals surface area contributed by atoms with Crippen LogP contribution in [0.3, 0.4) is 0 Å². The topological polar surface area (TPSA) is 75.2 Å². The van der Waals surface area contributed by atoms with Crippen molar-refractivity contribution in [1.29, 1.82) is 5.26 Å². The van der Waals surface area contributed by atoms with Crippen LogP contribution in [-0.4, -0.2) is 21.4 Å². The van der Waals surface area contributed by atoms with Crippen LogP contribution in [0.15, 0.2) is 24.3 Å². The van der Waals surface area contributed by atoms with Crippen LogP contribution < -0.4 is 0 Å². The largest absolute Gasteiger partial charge is 0.507 e. The molecule has 2 aromatic rings. The van der Waals surface area contributed by atoms with Crippen LogP contribution in [0.2, 0.25) is 0 Å². The number of hydrogen-bond acceptors (Lipinski definition) is 4. The maximum Gasteiger partial charge on any atom is 0.420 e. The number of phenolic OH excluding ortho intramolecular Hbond substituents is 1. The quantitative estimate of drug-likeness (QED) is 0.788. The van der Waals surface area contributed by atoms with Gasteiger partial charge in [0.05, 0.1) is 5.52 Å². The van der Waals surface area contributed by atoms with Gasteiger partial charge < -0.3 is 9.84 Å². The third kappa shape index (κ3) is 2.38. The minimum atomic E-state index is -0.656. The van der Waals surface area contributed by atoms with Gasteiger partial charge in [-0.3, -0.25) is 0 Å². The van der Waals surface area contributed by atoms with E-state index >= 15 is 0 Å². The number of carbonyl (C=O) groups excluding carboxylic acids is 1. The van der Waals surface area contributed by atoms with Gasteiger partial charge in [0.1, 0.15) is 23.1 Å². The first kappa shape index (κ1) is 13.0. The van der Waals surface area contributed by atoms with Gasteiger partial charge >= 0.3 is 6.09 Å². The molecule has 0 bridgehead atoms. The maximum absolute atomic E-state index is 12.1. The zero-order valence-corrected chi connectivity index (χ0v) is 11.0. The normalized spacial score (nSPS) is 11.3. The fourth-order valence-electron chi connectivity index (χ4n) is 1.80. The molecule has 19 heavy (non-hydrogen) atoms. The van der Waals surface area contributed by atoms with E-state index in [9.17, 15) is 9.90 Å². The Bertz CT molecular complexity index is 687. The summed E-state index contributed by atoms with van der Waals surface area (Å²) in [5.74, 6) is 0.0244. The first-order chi connectivity index (χ1) is 8.83. The number of aromatic hydroxyl groups is 1. The number of benzene rings is 1. The van der Waals surface area contributed by atoms with Gasteiger partial charge in [-0.25, -0.2) is 9.36 Å². The molecule has 0 fully saturated rings. The van der Waals surface area contributed by atoms with Crippen molar-refractivity contribution in [3.05, 3.63) is 30.0 Å². The number of carbonyl (C=O) groups is 1. The van der Waals surface area contributed by atoms with Crippen LogP contribution in [0, 0.1) is 11.3 Å². The summed E-state index contributed by atoms with van der Waals surface area (Å²) >= 11 is 0. The molecule has 1 N–H and O–H groups in total. The molecule has 0 unspecified atom stereocenters. The molecule has 0 aliphatic rings. The molecular formula is C14H14N2O3. The number of phenols is 1. The highest BCUT2D eigenvalue weighted by molar-refractivity contribution is 5.95. The number of hydrogen-bond donors (Lipinski definition) is 1. The molecule has 0 radical (unpaired) electrons. The summed E-state index contributed by atoms with van der Waals surface area (Å²) in [6.45, 7) is 5.25. The van der Waals surface area contributed by atoms with Crippen molar-refractivity contribution in [3.63, 3.8) is 0 Å². The van der Waals surface area contributed by atoms with E-state index in [0.717, 1.165) is 0 Å². The zero-order chi connectivity index (χ0) is 14.2. The van der Waals surface area contributed by atoms with Crippen molar-refractivity contribution >= 4 is 17.0 Å². The van der Waals surface area contributed by atoms with E-state index in [1.165, 1.54) is 16.7 Å². The molecule has 1 aromatic carbocycles. The Balaban J connectivity index is 2.63. The molecule has 5 nitrogen and oxygen atoms in total. The average molecular weight is 258 g/mol. The summed E-state index contributed by atoms with van der Waals surface area (Å²) in [7, 11) is 0. The molecule has 0 saturated carbocycles. The van der Waals surface area contributed by atoms with E-state index in [-0.39, 0.29) is 11.4 Å². The summed E-state index contributed by atoms with van der Waals surface area (Å²) in [5.41, 5.74) is -0.0754. The minimum Gasteiger partial charge on any atom is -0.507 e. The summed E-state index contributed by atoms with van der Waals surface area (Å²) in [6, 6.07) is 8.16. The van der Waals surface area contributed by atoms with Gasteiger partial charge in [-0.15, -0.1) is 0 Å². The Labute approximate surface area is 110 Å². The van der Waals surface area contributed by atoms with Crippen molar-refractivity contribution in [2.24, 2.45) is 0 Å². The maximum atomic E-state index is 12.1. The number of rotatable bonds is 0. The van der Waals surface area contributed by atoms with Gasteiger partial charge in [-0.1, -0.05) is 6.07 Å². The van der Waals surface area contributed by atoms with Gasteiger partial charge in [0.15, 0.2) is 0 Å². The zero-order valence-electron chi connectivity index (χ0n) is 11.0. The summed E-state index contributed by atoms with van der Waals surface area (Å²) in [6.07, 6.45) is -0.635. The van der Waals surface area contributed by atoms with Crippen LogP contribution in [0.5, 0.6) is 5.75 Å². The predicted octanol–water partition coefficient (Wildman–Crippen LogP) is 3.00. The number of nitriles is 1. The molecule has 2 rings (SSSR count). The van der Waals surface area contributed by atoms with Gasteiger partial charge in [0.25, 0.3) is 0 Å². The van der Waals surface area contributed by atoms with E-state index in [0.29, 0.717) is 10.9 Å². The first-order valence-electron chi connectivity index (χ1n) is 5.80. The number of nitrogens with zero attached hydrogens (tertiary/aromatic N) is 2. The molecule has 5 heteroatoms. The lowest BCUT2D eigenvalue weighted by molar-refractivity contribution is 0.0543. The Kier molecular flexibility index (Phi) is 2.95. The Morgan fingerprint density at radius 1 is 1.42 bits per heavy atom. The Hall–Kier alpha value is -2.48. The molecule has 0 aliphatic heterocycles. The summed E-state index contributed by atoms with van der Waals surface area (Å²) in [5, 5.41) is 19.3. The van der Waals surface area contributed by atoms with E-state index in [2.05, 4.69) is 0 Å². The van der Waals surface area contributed by atoms with Crippen LogP contribution >= 0.6 is 0 Å². The van der Waals surface area contributed by atoms with Crippen LogP contribution in [0.4, 0.5) is 4.79 Å². The average Bonchev–Trinajstić information content (AvgIpc) is 2.66. The third-order valence-corrected chi connectivity index (χ3v) is 2.51. The highest BCUT2D eigenvalue weighted by atomic mass is 16.6. The molecular weight excluding hydrogens is 244 g/mol. The van der Waals surface area contributed by atoms with E-state index in [1.54, 1.807) is 32.9 Å². The molecule has 0 atom stereocenters. The van der Waals surface area contributed by atoms with Gasteiger partial charge in [0, 0.05) is 5.39 Å². The lowest BCUT2D eigenvalue weighted by Gasteiger charge is -2.20. The Morgan fingerprint density at radius 3 is 2.68 bits per heavy atom. The standard InChI is InChI=1S/C14H14N2O3/c1-14(2,3)19-13(18)16-9(8-15)7-10-11(16)5-4-6-12(10)17/h4-7,17H,1-3H3. The van der Waals surface area contributed by atoms with Crippen LogP contribution in [0.1, 0.15) is 26.5 Å². The SMILES string of the molecule is CC(C)(C)OC(=O)n1c(C#N)cc2c(O)cccc21. The molecule has 98 valence electrons.